The van der Waals surface area contributed by atoms with Gasteiger partial charge >= 0.3 is 0 Å². The Morgan fingerprint density at radius 2 is 1.59 bits per heavy atom. The monoisotopic (exact) mass is 520 g/mol. The molecule has 4 aromatic carbocycles. The van der Waals surface area contributed by atoms with Crippen LogP contribution in [0.5, 0.6) is 11.5 Å². The topological polar surface area (TPSA) is 43.3 Å². The average Bonchev–Trinajstić information content (AvgIpc) is 3.30. The molecule has 5 heteroatoms. The summed E-state index contributed by atoms with van der Waals surface area (Å²) in [7, 11) is 0. The molecule has 5 rings (SSSR count). The average molecular weight is 521 g/mol. The molecule has 1 amide bonds. The van der Waals surface area contributed by atoms with Crippen LogP contribution in [-0.4, -0.2) is 17.0 Å². The summed E-state index contributed by atoms with van der Waals surface area (Å²) in [6.07, 6.45) is 2.45. The summed E-state index contributed by atoms with van der Waals surface area (Å²) < 4.78 is 21.8. The van der Waals surface area contributed by atoms with Crippen molar-refractivity contribution in [2.75, 3.05) is 6.54 Å². The van der Waals surface area contributed by atoms with Crippen LogP contribution < -0.4 is 10.1 Å². The van der Waals surface area contributed by atoms with Gasteiger partial charge in [-0.3, -0.25) is 4.79 Å². The maximum Gasteiger partial charge on any atom is 0.220 e. The Morgan fingerprint density at radius 3 is 2.36 bits per heavy atom. The van der Waals surface area contributed by atoms with Crippen molar-refractivity contribution in [2.24, 2.45) is 5.92 Å². The van der Waals surface area contributed by atoms with Crippen LogP contribution in [0.4, 0.5) is 4.39 Å². The van der Waals surface area contributed by atoms with Crippen LogP contribution in [0.1, 0.15) is 42.9 Å². The molecule has 0 aliphatic rings. The van der Waals surface area contributed by atoms with E-state index in [0.717, 1.165) is 39.1 Å². The zero-order valence-electron chi connectivity index (χ0n) is 22.3. The number of carbonyl (C=O) groups excluding carboxylic acids is 1. The molecule has 0 fully saturated rings. The fourth-order valence-corrected chi connectivity index (χ4v) is 4.87. The van der Waals surface area contributed by atoms with Gasteiger partial charge in [-0.05, 0) is 65.1 Å². The lowest BCUT2D eigenvalue weighted by Crippen LogP contribution is -2.28. The van der Waals surface area contributed by atoms with E-state index in [1.165, 1.54) is 12.1 Å². The Balaban J connectivity index is 1.54. The van der Waals surface area contributed by atoms with Crippen LogP contribution in [0.2, 0.25) is 0 Å². The summed E-state index contributed by atoms with van der Waals surface area (Å²) in [5, 5.41) is 4.19. The second-order valence-corrected chi connectivity index (χ2v) is 10.3. The second kappa shape index (κ2) is 12.0. The summed E-state index contributed by atoms with van der Waals surface area (Å²) in [5.41, 5.74) is 4.16. The van der Waals surface area contributed by atoms with Crippen molar-refractivity contribution in [3.63, 3.8) is 0 Å². The number of fused-ring (bicyclic) bond motifs is 1. The fraction of sp³-hybridized carbons (Fsp3) is 0.206. The lowest BCUT2D eigenvalue weighted by molar-refractivity contribution is -0.121. The largest absolute Gasteiger partial charge is 0.457 e. The molecule has 1 atom stereocenters. The zero-order valence-corrected chi connectivity index (χ0v) is 22.3. The molecular formula is C34H33FN2O2. The third-order valence-corrected chi connectivity index (χ3v) is 6.80. The molecule has 4 nitrogen and oxygen atoms in total. The highest BCUT2D eigenvalue weighted by Crippen LogP contribution is 2.37. The van der Waals surface area contributed by atoms with Crippen LogP contribution in [-0.2, 0) is 11.3 Å². The number of amides is 1. The smallest absolute Gasteiger partial charge is 0.220 e. The first-order chi connectivity index (χ1) is 19.0. The van der Waals surface area contributed by atoms with E-state index >= 15 is 0 Å². The van der Waals surface area contributed by atoms with E-state index in [4.69, 9.17) is 4.74 Å². The molecule has 198 valence electrons. The van der Waals surface area contributed by atoms with Gasteiger partial charge in [0.15, 0.2) is 0 Å². The van der Waals surface area contributed by atoms with Crippen molar-refractivity contribution in [1.82, 2.24) is 9.88 Å². The van der Waals surface area contributed by atoms with Crippen LogP contribution in [0.15, 0.2) is 109 Å². The van der Waals surface area contributed by atoms with Gasteiger partial charge in [0.25, 0.3) is 0 Å². The predicted molar refractivity (Wildman–Crippen MR) is 155 cm³/mol. The van der Waals surface area contributed by atoms with Crippen molar-refractivity contribution in [3.05, 3.63) is 132 Å². The molecule has 39 heavy (non-hydrogen) atoms. The highest BCUT2D eigenvalue weighted by molar-refractivity contribution is 5.87. The number of nitrogens with zero attached hydrogens (tertiary/aromatic N) is 1. The Morgan fingerprint density at radius 1 is 0.872 bits per heavy atom. The zero-order chi connectivity index (χ0) is 27.2. The van der Waals surface area contributed by atoms with Gasteiger partial charge < -0.3 is 14.6 Å². The van der Waals surface area contributed by atoms with Gasteiger partial charge in [0.05, 0.1) is 0 Å². The van der Waals surface area contributed by atoms with E-state index in [-0.39, 0.29) is 17.6 Å². The van der Waals surface area contributed by atoms with Crippen molar-refractivity contribution < 1.29 is 13.9 Å². The van der Waals surface area contributed by atoms with Crippen molar-refractivity contribution in [1.29, 1.82) is 0 Å². The number of hydrogen-bond acceptors (Lipinski definition) is 2. The molecule has 0 saturated carbocycles. The number of rotatable bonds is 10. The van der Waals surface area contributed by atoms with Gasteiger partial charge in [-0.1, -0.05) is 74.5 Å². The second-order valence-electron chi connectivity index (χ2n) is 10.3. The summed E-state index contributed by atoms with van der Waals surface area (Å²) in [6, 6.07) is 32.5. The van der Waals surface area contributed by atoms with Crippen LogP contribution in [0, 0.1) is 11.7 Å². The molecule has 0 unspecified atom stereocenters. The molecule has 0 spiro atoms. The Labute approximate surface area is 229 Å². The lowest BCUT2D eigenvalue weighted by Gasteiger charge is -2.19. The van der Waals surface area contributed by atoms with Crippen molar-refractivity contribution >= 4 is 16.8 Å². The molecule has 1 aromatic heterocycles. The third kappa shape index (κ3) is 6.55. The van der Waals surface area contributed by atoms with Gasteiger partial charge in [0.1, 0.15) is 17.3 Å². The molecule has 1 heterocycles. The minimum absolute atomic E-state index is 0.0125. The van der Waals surface area contributed by atoms with Gasteiger partial charge in [-0.15, -0.1) is 0 Å². The fourth-order valence-electron chi connectivity index (χ4n) is 4.87. The maximum atomic E-state index is 13.5. The first-order valence-corrected chi connectivity index (χ1v) is 13.4. The van der Waals surface area contributed by atoms with Gasteiger partial charge in [-0.2, -0.15) is 0 Å². The van der Waals surface area contributed by atoms with E-state index < -0.39 is 0 Å². The van der Waals surface area contributed by atoms with E-state index in [0.29, 0.717) is 25.4 Å². The number of halogens is 1. The number of hydrogen-bond donors (Lipinski definition) is 1. The number of para-hydroxylation sites is 2. The number of nitrogens with one attached hydrogen (secondary N) is 1. The molecule has 0 saturated heterocycles. The van der Waals surface area contributed by atoms with Crippen molar-refractivity contribution in [2.45, 2.75) is 32.7 Å². The quantitative estimate of drug-likeness (QED) is 0.203. The summed E-state index contributed by atoms with van der Waals surface area (Å²) >= 11 is 0. The predicted octanol–water partition coefficient (Wildman–Crippen LogP) is 7.92. The van der Waals surface area contributed by atoms with Gasteiger partial charge in [-0.25, -0.2) is 4.39 Å². The van der Waals surface area contributed by atoms with E-state index in [9.17, 15) is 9.18 Å². The number of aromatic nitrogens is 1. The molecule has 0 radical (unpaired) electrons. The SMILES string of the molecule is CC(C)CNC(=O)C[C@@H](c1cccc(Oc2ccccc2)c1)c1cn(Cc2ccc(F)cc2)c2ccccc12. The molecule has 0 aliphatic heterocycles. The van der Waals surface area contributed by atoms with E-state index in [1.54, 1.807) is 0 Å². The Hall–Kier alpha value is -4.38. The first kappa shape index (κ1) is 26.2. The third-order valence-electron chi connectivity index (χ3n) is 6.80. The summed E-state index contributed by atoms with van der Waals surface area (Å²) in [4.78, 5) is 13.2. The minimum atomic E-state index is -0.248. The van der Waals surface area contributed by atoms with Crippen LogP contribution in [0.3, 0.4) is 0 Å². The molecule has 0 aliphatic carbocycles. The minimum Gasteiger partial charge on any atom is -0.457 e. The molecule has 1 N–H and O–H groups in total. The van der Waals surface area contributed by atoms with Crippen LogP contribution >= 0.6 is 0 Å². The molecule has 5 aromatic rings. The first-order valence-electron chi connectivity index (χ1n) is 13.4. The highest BCUT2D eigenvalue weighted by atomic mass is 19.1. The Kier molecular flexibility index (Phi) is 8.07. The highest BCUT2D eigenvalue weighted by Gasteiger charge is 2.23. The molecule has 0 bridgehead atoms. The normalized spacial score (nSPS) is 12.0. The van der Waals surface area contributed by atoms with E-state index in [2.05, 4.69) is 48.1 Å². The van der Waals surface area contributed by atoms with Gasteiger partial charge in [0.2, 0.25) is 5.91 Å². The van der Waals surface area contributed by atoms with Crippen LogP contribution in [0.25, 0.3) is 10.9 Å². The lowest BCUT2D eigenvalue weighted by atomic mass is 9.88. The van der Waals surface area contributed by atoms with E-state index in [1.807, 2.05) is 72.8 Å². The number of ether oxygens (including phenoxy) is 1. The summed E-state index contributed by atoms with van der Waals surface area (Å²) in [5.74, 6) is 1.43. The standard InChI is InChI=1S/C34H33FN2O2/c1-24(2)21-36-34(38)20-31(26-9-8-12-29(19-26)39-28-10-4-3-5-11-28)32-23-37(33-14-7-6-13-30(32)33)22-25-15-17-27(35)18-16-25/h3-19,23-24,31H,20-22H2,1-2H3,(H,36,38)/t31-/m0/s1. The van der Waals surface area contributed by atoms with Gasteiger partial charge in [0, 0.05) is 42.5 Å². The maximum absolute atomic E-state index is 13.5. The number of carbonyl (C=O) groups is 1. The summed E-state index contributed by atoms with van der Waals surface area (Å²) in [6.45, 7) is 5.41. The Bertz CT molecular complexity index is 1540. The van der Waals surface area contributed by atoms with Crippen molar-refractivity contribution in [3.8, 4) is 11.5 Å². The number of benzene rings is 4. The molecular weight excluding hydrogens is 487 g/mol.